The number of likely N-dealkylation sites (N-methyl/N-ethyl adjacent to an activating group) is 1. The fourth-order valence-corrected chi connectivity index (χ4v) is 8.39. The van der Waals surface area contributed by atoms with Gasteiger partial charge >= 0.3 is 24.5 Å². The van der Waals surface area contributed by atoms with Crippen molar-refractivity contribution in [3.8, 4) is 0 Å². The Labute approximate surface area is 283 Å². The van der Waals surface area contributed by atoms with Gasteiger partial charge in [-0.2, -0.15) is 13.2 Å². The Morgan fingerprint density at radius 3 is 2.00 bits per heavy atom. The molecule has 48 heavy (non-hydrogen) atoms. The fourth-order valence-electron chi connectivity index (χ4n) is 8.39. The van der Waals surface area contributed by atoms with Gasteiger partial charge < -0.3 is 34.2 Å². The van der Waals surface area contributed by atoms with Crippen LogP contribution < -0.4 is 5.32 Å². The minimum Gasteiger partial charge on any atom is -0.448 e. The molecule has 0 aromatic carbocycles. The lowest BCUT2D eigenvalue weighted by Crippen LogP contribution is -2.52. The van der Waals surface area contributed by atoms with Crippen LogP contribution in [0.4, 0.5) is 31.9 Å². The quantitative estimate of drug-likeness (QED) is 0.133. The maximum Gasteiger partial charge on any atom is 0.422 e. The van der Waals surface area contributed by atoms with Gasteiger partial charge in [-0.3, -0.25) is 0 Å². The topological polar surface area (TPSA) is 101 Å². The first kappa shape index (κ1) is 39.9. The van der Waals surface area contributed by atoms with Crippen LogP contribution in [0.3, 0.4) is 0 Å². The zero-order valence-corrected chi connectivity index (χ0v) is 30.1. The highest BCUT2D eigenvalue weighted by Crippen LogP contribution is 2.48. The summed E-state index contributed by atoms with van der Waals surface area (Å²) in [6, 6.07) is -1.12. The molecule has 0 radical (unpaired) electrons. The summed E-state index contributed by atoms with van der Waals surface area (Å²) in [5.74, 6) is 0.0898. The van der Waals surface area contributed by atoms with Crippen molar-refractivity contribution in [1.82, 2.24) is 20.0 Å². The molecule has 1 N–H and O–H groups in total. The molecule has 3 aliphatic heterocycles. The molecule has 0 spiro atoms. The maximum atomic E-state index is 13.6. The number of nitrogens with one attached hydrogen (secondary N) is 1. The highest BCUT2D eigenvalue weighted by Gasteiger charge is 2.51. The van der Waals surface area contributed by atoms with E-state index in [2.05, 4.69) is 26.1 Å². The van der Waals surface area contributed by atoms with E-state index in [0.29, 0.717) is 51.7 Å². The molecule has 0 bridgehead atoms. The zero-order chi connectivity index (χ0) is 36.1. The molecule has 3 heterocycles. The molecule has 0 aromatic heterocycles. The van der Waals surface area contributed by atoms with E-state index in [0.717, 1.165) is 12.8 Å². The Morgan fingerprint density at radius 2 is 1.40 bits per heavy atom. The van der Waals surface area contributed by atoms with E-state index < -0.39 is 54.6 Å². The van der Waals surface area contributed by atoms with Crippen molar-refractivity contribution in [2.45, 2.75) is 124 Å². The third-order valence-electron chi connectivity index (χ3n) is 10.4. The van der Waals surface area contributed by atoms with Crippen molar-refractivity contribution < 1.29 is 46.2 Å². The van der Waals surface area contributed by atoms with Gasteiger partial charge in [-0.1, -0.05) is 48.5 Å². The molecule has 0 saturated carbocycles. The number of amides is 3. The second-order valence-electron chi connectivity index (χ2n) is 16.2. The smallest absolute Gasteiger partial charge is 0.422 e. The first-order valence-electron chi connectivity index (χ1n) is 17.3. The molecular weight excluding hydrogens is 636 g/mol. The van der Waals surface area contributed by atoms with E-state index in [4.69, 9.17) is 14.2 Å². The van der Waals surface area contributed by atoms with Crippen LogP contribution >= 0.6 is 0 Å². The summed E-state index contributed by atoms with van der Waals surface area (Å²) in [6.07, 6.45) is -2.22. The summed E-state index contributed by atoms with van der Waals surface area (Å²) in [4.78, 5) is 44.3. The number of likely N-dealkylation sites (tertiary alicyclic amines) is 3. The van der Waals surface area contributed by atoms with Gasteiger partial charge in [0.2, 0.25) is 0 Å². The van der Waals surface area contributed by atoms with Crippen molar-refractivity contribution in [3.05, 3.63) is 0 Å². The minimum absolute atomic E-state index is 0.0590. The maximum absolute atomic E-state index is 13.6. The standard InChI is InChI=1S/C34H58F4N4O6/c1-31(2,3)27-18-23(21-41(27)29(44)47-17-14-39-8)19-32(4,5)26-12-11-24(42(26)30(45)48-22-34(36,37)38)20-33(6,7)25-10-9-15-40(25)28(43)46-16-13-35/h23-27,39H,9-22H2,1-8H3. The van der Waals surface area contributed by atoms with Gasteiger partial charge in [0.15, 0.2) is 6.61 Å². The van der Waals surface area contributed by atoms with Crippen molar-refractivity contribution in [1.29, 1.82) is 0 Å². The first-order valence-corrected chi connectivity index (χ1v) is 17.3. The molecule has 3 saturated heterocycles. The van der Waals surface area contributed by atoms with Crippen LogP contribution in [0.15, 0.2) is 0 Å². The summed E-state index contributed by atoms with van der Waals surface area (Å²) in [5.41, 5.74) is -1.26. The van der Waals surface area contributed by atoms with Crippen LogP contribution in [0.2, 0.25) is 0 Å². The van der Waals surface area contributed by atoms with E-state index in [1.165, 1.54) is 4.90 Å². The summed E-state index contributed by atoms with van der Waals surface area (Å²) in [5, 5.41) is 2.97. The van der Waals surface area contributed by atoms with Crippen LogP contribution in [0.25, 0.3) is 0 Å². The average Bonchev–Trinajstić information content (AvgIpc) is 3.73. The highest BCUT2D eigenvalue weighted by atomic mass is 19.4. The molecule has 5 atom stereocenters. The molecular formula is C34H58F4N4O6. The number of carbonyl (C=O) groups excluding carboxylic acids is 3. The Bertz CT molecular complexity index is 1100. The number of hydrogen-bond donors (Lipinski definition) is 1. The highest BCUT2D eigenvalue weighted by molar-refractivity contribution is 5.70. The van der Waals surface area contributed by atoms with Crippen LogP contribution in [-0.2, 0) is 14.2 Å². The molecule has 10 nitrogen and oxygen atoms in total. The number of rotatable bonds is 12. The number of nitrogens with zero attached hydrogens (tertiary/aromatic N) is 3. The molecule has 278 valence electrons. The van der Waals surface area contributed by atoms with E-state index in [9.17, 15) is 31.9 Å². The number of alkyl halides is 4. The molecule has 0 aliphatic carbocycles. The molecule has 3 rings (SSSR count). The number of halogens is 4. The lowest BCUT2D eigenvalue weighted by Gasteiger charge is -2.44. The van der Waals surface area contributed by atoms with Gasteiger partial charge in [-0.25, -0.2) is 18.8 Å². The van der Waals surface area contributed by atoms with Gasteiger partial charge in [-0.15, -0.1) is 0 Å². The van der Waals surface area contributed by atoms with Gasteiger partial charge in [0.25, 0.3) is 0 Å². The SMILES string of the molecule is CNCCOC(=O)N1CC(CC(C)(C)C2CCC(CC(C)(C)C3CCCN3C(=O)OCCF)N2C(=O)OCC(F)(F)F)CC1C(C)(C)C. The predicted octanol–water partition coefficient (Wildman–Crippen LogP) is 7.01. The zero-order valence-electron chi connectivity index (χ0n) is 30.1. The monoisotopic (exact) mass is 694 g/mol. The minimum atomic E-state index is -4.67. The normalized spacial score (nSPS) is 25.5. The number of ether oxygens (including phenoxy) is 3. The third kappa shape index (κ3) is 10.3. The van der Waals surface area contributed by atoms with Gasteiger partial charge in [0.1, 0.15) is 19.9 Å². The molecule has 3 fully saturated rings. The summed E-state index contributed by atoms with van der Waals surface area (Å²) >= 11 is 0. The third-order valence-corrected chi connectivity index (χ3v) is 10.4. The summed E-state index contributed by atoms with van der Waals surface area (Å²) in [6.45, 7) is 13.3. The van der Waals surface area contributed by atoms with Crippen molar-refractivity contribution >= 4 is 18.3 Å². The second-order valence-corrected chi connectivity index (χ2v) is 16.2. The lowest BCUT2D eigenvalue weighted by atomic mass is 9.74. The first-order chi connectivity index (χ1) is 22.2. The second kappa shape index (κ2) is 16.0. The fraction of sp³-hybridized carbons (Fsp3) is 0.912. The Balaban J connectivity index is 1.82. The molecule has 3 aliphatic rings. The molecule has 5 unspecified atom stereocenters. The lowest BCUT2D eigenvalue weighted by molar-refractivity contribution is -0.163. The van der Waals surface area contributed by atoms with Crippen LogP contribution in [0, 0.1) is 22.2 Å². The molecule has 3 amide bonds. The van der Waals surface area contributed by atoms with Crippen molar-refractivity contribution in [2.75, 3.05) is 53.2 Å². The summed E-state index contributed by atoms with van der Waals surface area (Å²) in [7, 11) is 1.78. The number of hydrogen-bond acceptors (Lipinski definition) is 7. The van der Waals surface area contributed by atoms with Crippen molar-refractivity contribution in [3.63, 3.8) is 0 Å². The molecule has 0 aromatic rings. The van der Waals surface area contributed by atoms with E-state index in [1.807, 2.05) is 27.7 Å². The Morgan fingerprint density at radius 1 is 0.771 bits per heavy atom. The number of carbonyl (C=O) groups is 3. The van der Waals surface area contributed by atoms with E-state index >= 15 is 0 Å². The Hall–Kier alpha value is -2.51. The van der Waals surface area contributed by atoms with Gasteiger partial charge in [0.05, 0.1) is 0 Å². The molecule has 14 heteroatoms. The predicted molar refractivity (Wildman–Crippen MR) is 173 cm³/mol. The van der Waals surface area contributed by atoms with Gasteiger partial charge in [-0.05, 0) is 74.2 Å². The van der Waals surface area contributed by atoms with Crippen LogP contribution in [-0.4, -0.2) is 117 Å². The van der Waals surface area contributed by atoms with E-state index in [-0.39, 0.29) is 42.7 Å². The van der Waals surface area contributed by atoms with Crippen molar-refractivity contribution in [2.24, 2.45) is 22.2 Å². The van der Waals surface area contributed by atoms with E-state index in [1.54, 1.807) is 16.8 Å². The van der Waals surface area contributed by atoms with Crippen LogP contribution in [0.5, 0.6) is 0 Å². The van der Waals surface area contributed by atoms with Crippen LogP contribution in [0.1, 0.15) is 93.4 Å². The summed E-state index contributed by atoms with van der Waals surface area (Å²) < 4.78 is 67.8. The average molecular weight is 695 g/mol. The Kier molecular flexibility index (Phi) is 13.3. The largest absolute Gasteiger partial charge is 0.448 e. The van der Waals surface area contributed by atoms with Gasteiger partial charge in [0, 0.05) is 43.8 Å².